The summed E-state index contributed by atoms with van der Waals surface area (Å²) >= 11 is 0. The molecule has 4 N–H and O–H groups in total. The summed E-state index contributed by atoms with van der Waals surface area (Å²) in [7, 11) is -3.78. The van der Waals surface area contributed by atoms with Crippen molar-refractivity contribution in [3.8, 4) is 0 Å². The van der Waals surface area contributed by atoms with Crippen molar-refractivity contribution in [3.05, 3.63) is 18.5 Å². The lowest BCUT2D eigenvalue weighted by Crippen LogP contribution is -2.55. The van der Waals surface area contributed by atoms with E-state index in [1.165, 1.54) is 22.8 Å². The monoisotopic (exact) mass is 316 g/mol. The number of pyridine rings is 1. The number of hydrogen-bond acceptors (Lipinski definition) is 7. The molecule has 21 heavy (non-hydrogen) atoms. The van der Waals surface area contributed by atoms with Crippen LogP contribution in [0, 0.1) is 0 Å². The van der Waals surface area contributed by atoms with Gasteiger partial charge in [0.05, 0.1) is 24.0 Å². The van der Waals surface area contributed by atoms with E-state index in [1.54, 1.807) is 13.8 Å². The molecule has 9 heteroatoms. The Bertz CT molecular complexity index is 605. The van der Waals surface area contributed by atoms with Crippen LogP contribution in [0.2, 0.25) is 0 Å². The Morgan fingerprint density at radius 1 is 1.62 bits per heavy atom. The summed E-state index contributed by atoms with van der Waals surface area (Å²) in [5.74, 6) is 5.36. The molecule has 0 bridgehead atoms. The molecule has 118 valence electrons. The van der Waals surface area contributed by atoms with Crippen LogP contribution in [-0.4, -0.2) is 54.2 Å². The van der Waals surface area contributed by atoms with E-state index in [2.05, 4.69) is 10.4 Å². The number of rotatable bonds is 4. The minimum atomic E-state index is -3.78. The maximum atomic E-state index is 12.8. The third kappa shape index (κ3) is 3.33. The highest BCUT2D eigenvalue weighted by Crippen LogP contribution is 2.28. The predicted molar refractivity (Wildman–Crippen MR) is 76.8 cm³/mol. The van der Waals surface area contributed by atoms with Crippen LogP contribution in [0.3, 0.4) is 0 Å². The number of hydrogen-bond donors (Lipinski definition) is 3. The van der Waals surface area contributed by atoms with Gasteiger partial charge in [-0.2, -0.15) is 4.31 Å². The number of aliphatic hydroxyl groups excluding tert-OH is 1. The number of hydrazine groups is 1. The molecule has 8 nitrogen and oxygen atoms in total. The predicted octanol–water partition coefficient (Wildman–Crippen LogP) is -0.472. The summed E-state index contributed by atoms with van der Waals surface area (Å²) in [5.41, 5.74) is 1.95. The summed E-state index contributed by atoms with van der Waals surface area (Å²) in [6, 6.07) is 1.49. The van der Waals surface area contributed by atoms with E-state index in [0.717, 1.165) is 0 Å². The first-order chi connectivity index (χ1) is 9.80. The number of nitrogens with zero attached hydrogens (tertiary/aromatic N) is 2. The molecule has 1 saturated heterocycles. The van der Waals surface area contributed by atoms with Crippen LogP contribution in [0.1, 0.15) is 13.8 Å². The molecule has 0 saturated carbocycles. The van der Waals surface area contributed by atoms with Crippen LogP contribution in [0.4, 0.5) is 5.69 Å². The van der Waals surface area contributed by atoms with Gasteiger partial charge in [-0.15, -0.1) is 0 Å². The number of morpholine rings is 1. The molecule has 1 aliphatic heterocycles. The molecular formula is C12H20N4O4S. The van der Waals surface area contributed by atoms with Crippen molar-refractivity contribution >= 4 is 15.7 Å². The number of nitrogens with two attached hydrogens (primary N) is 1. The fourth-order valence-corrected chi connectivity index (χ4v) is 4.08. The van der Waals surface area contributed by atoms with Gasteiger partial charge >= 0.3 is 0 Å². The van der Waals surface area contributed by atoms with Gasteiger partial charge in [-0.1, -0.05) is 0 Å². The summed E-state index contributed by atoms with van der Waals surface area (Å²) in [6.07, 6.45) is 2.14. The van der Waals surface area contributed by atoms with E-state index in [-0.39, 0.29) is 30.3 Å². The first kappa shape index (κ1) is 16.1. The third-order valence-electron chi connectivity index (χ3n) is 3.21. The molecule has 1 aromatic heterocycles. The lowest BCUT2D eigenvalue weighted by atomic mass is 10.1. The first-order valence-electron chi connectivity index (χ1n) is 6.49. The second-order valence-electron chi connectivity index (χ2n) is 5.50. The van der Waals surface area contributed by atoms with Crippen LogP contribution in [-0.2, 0) is 14.8 Å². The average Bonchev–Trinajstić information content (AvgIpc) is 2.45. The average molecular weight is 316 g/mol. The summed E-state index contributed by atoms with van der Waals surface area (Å²) in [4.78, 5) is 3.85. The Kier molecular flexibility index (Phi) is 4.49. The largest absolute Gasteiger partial charge is 0.394 e. The lowest BCUT2D eigenvalue weighted by Gasteiger charge is -2.41. The number of aromatic nitrogens is 1. The topological polar surface area (TPSA) is 118 Å². The second-order valence-corrected chi connectivity index (χ2v) is 7.40. The molecule has 0 radical (unpaired) electrons. The Morgan fingerprint density at radius 3 is 2.95 bits per heavy atom. The van der Waals surface area contributed by atoms with E-state index in [1.807, 2.05) is 0 Å². The van der Waals surface area contributed by atoms with Crippen molar-refractivity contribution in [3.63, 3.8) is 0 Å². The van der Waals surface area contributed by atoms with Crippen molar-refractivity contribution in [2.45, 2.75) is 30.4 Å². The Morgan fingerprint density at radius 2 is 2.33 bits per heavy atom. The molecule has 2 heterocycles. The molecule has 1 fully saturated rings. The molecule has 0 aromatic carbocycles. The minimum Gasteiger partial charge on any atom is -0.394 e. The number of ether oxygens (including phenoxy) is 1. The fraction of sp³-hybridized carbons (Fsp3) is 0.583. The highest BCUT2D eigenvalue weighted by Gasteiger charge is 2.40. The van der Waals surface area contributed by atoms with Crippen molar-refractivity contribution in [2.75, 3.05) is 25.1 Å². The van der Waals surface area contributed by atoms with Crippen molar-refractivity contribution in [2.24, 2.45) is 5.84 Å². The second kappa shape index (κ2) is 5.85. The van der Waals surface area contributed by atoms with Gasteiger partial charge in [0, 0.05) is 25.5 Å². The summed E-state index contributed by atoms with van der Waals surface area (Å²) < 4.78 is 32.5. The zero-order valence-corrected chi connectivity index (χ0v) is 12.8. The van der Waals surface area contributed by atoms with Gasteiger partial charge in [0.25, 0.3) is 0 Å². The van der Waals surface area contributed by atoms with Crippen molar-refractivity contribution in [1.29, 1.82) is 0 Å². The number of nitrogens with one attached hydrogen (secondary N) is 1. The van der Waals surface area contributed by atoms with Crippen molar-refractivity contribution < 1.29 is 18.3 Å². The zero-order valence-electron chi connectivity index (χ0n) is 12.0. The smallest absolute Gasteiger partial charge is 0.246 e. The van der Waals surface area contributed by atoms with E-state index < -0.39 is 21.7 Å². The third-order valence-corrected chi connectivity index (χ3v) is 5.05. The molecule has 2 rings (SSSR count). The quantitative estimate of drug-likeness (QED) is 0.507. The molecule has 0 amide bonds. The number of aliphatic hydroxyl groups is 1. The van der Waals surface area contributed by atoms with Gasteiger partial charge in [-0.3, -0.25) is 10.8 Å². The van der Waals surface area contributed by atoms with Crippen LogP contribution in [0.15, 0.2) is 23.4 Å². The van der Waals surface area contributed by atoms with E-state index >= 15 is 0 Å². The summed E-state index contributed by atoms with van der Waals surface area (Å²) in [6.45, 7) is 3.59. The molecule has 1 atom stereocenters. The Labute approximate surface area is 123 Å². The van der Waals surface area contributed by atoms with Gasteiger partial charge in [0.1, 0.15) is 4.90 Å². The molecule has 0 aliphatic carbocycles. The van der Waals surface area contributed by atoms with E-state index in [9.17, 15) is 13.5 Å². The standard InChI is InChI=1S/C12H20N4O4S/c1-12(2)8-16(6-9(7-17)20-12)21(18,19)11-5-14-4-3-10(11)15-13/h3-5,9,17H,6-8,13H2,1-2H3,(H,14,15). The minimum absolute atomic E-state index is 0.00175. The van der Waals surface area contributed by atoms with Crippen LogP contribution in [0.25, 0.3) is 0 Å². The number of anilines is 1. The highest BCUT2D eigenvalue weighted by molar-refractivity contribution is 7.89. The SMILES string of the molecule is CC1(C)CN(S(=O)(=O)c2cnccc2NN)CC(CO)O1. The van der Waals surface area contributed by atoms with E-state index in [0.29, 0.717) is 0 Å². The van der Waals surface area contributed by atoms with E-state index in [4.69, 9.17) is 10.6 Å². The fourth-order valence-electron chi connectivity index (χ4n) is 2.36. The maximum Gasteiger partial charge on any atom is 0.246 e. The molecule has 1 aliphatic rings. The van der Waals surface area contributed by atoms with Crippen LogP contribution >= 0.6 is 0 Å². The molecule has 1 aromatic rings. The van der Waals surface area contributed by atoms with Crippen LogP contribution in [0.5, 0.6) is 0 Å². The van der Waals surface area contributed by atoms with Gasteiger partial charge < -0.3 is 15.3 Å². The van der Waals surface area contributed by atoms with Gasteiger partial charge in [-0.05, 0) is 19.9 Å². The Balaban J connectivity index is 2.39. The summed E-state index contributed by atoms with van der Waals surface area (Å²) in [5, 5.41) is 9.29. The van der Waals surface area contributed by atoms with Gasteiger partial charge in [-0.25, -0.2) is 8.42 Å². The van der Waals surface area contributed by atoms with Gasteiger partial charge in [0.15, 0.2) is 0 Å². The van der Waals surface area contributed by atoms with Gasteiger partial charge in [0.2, 0.25) is 10.0 Å². The molecule has 1 unspecified atom stereocenters. The van der Waals surface area contributed by atoms with Crippen LogP contribution < -0.4 is 11.3 Å². The normalized spacial score (nSPS) is 23.0. The number of nitrogen functional groups attached to an aromatic ring is 1. The first-order valence-corrected chi connectivity index (χ1v) is 7.93. The maximum absolute atomic E-state index is 12.8. The highest BCUT2D eigenvalue weighted by atomic mass is 32.2. The van der Waals surface area contributed by atoms with Crippen molar-refractivity contribution in [1.82, 2.24) is 9.29 Å². The lowest BCUT2D eigenvalue weighted by molar-refractivity contribution is -0.131. The molecular weight excluding hydrogens is 296 g/mol. The molecule has 0 spiro atoms. The zero-order chi connectivity index (χ0) is 15.7. The Hall–Kier alpha value is -1.26. The number of sulfonamides is 1.